The third-order valence-corrected chi connectivity index (χ3v) is 4.27. The van der Waals surface area contributed by atoms with E-state index in [4.69, 9.17) is 0 Å². The first-order valence-corrected chi connectivity index (χ1v) is 8.54. The van der Waals surface area contributed by atoms with Crippen molar-refractivity contribution in [1.29, 1.82) is 0 Å². The lowest BCUT2D eigenvalue weighted by Gasteiger charge is -2.10. The Morgan fingerprint density at radius 3 is 2.62 bits per heavy atom. The Balaban J connectivity index is 1.69. The summed E-state index contributed by atoms with van der Waals surface area (Å²) in [5.74, 6) is 0.703. The Hall–Kier alpha value is -2.99. The topological polar surface area (TPSA) is 80.0 Å². The molecule has 0 unspecified atom stereocenters. The number of rotatable bonds is 6. The first-order valence-electron chi connectivity index (χ1n) is 8.54. The van der Waals surface area contributed by atoms with Crippen molar-refractivity contribution in [2.24, 2.45) is 7.05 Å². The van der Waals surface area contributed by atoms with Crippen LogP contribution in [0.25, 0.3) is 11.1 Å². The van der Waals surface area contributed by atoms with Crippen LogP contribution in [0.15, 0.2) is 54.9 Å². The van der Waals surface area contributed by atoms with Crippen LogP contribution in [0.1, 0.15) is 34.8 Å². The highest BCUT2D eigenvalue weighted by atomic mass is 16.3. The van der Waals surface area contributed by atoms with Gasteiger partial charge in [-0.15, -0.1) is 10.2 Å². The summed E-state index contributed by atoms with van der Waals surface area (Å²) in [4.78, 5) is 12.4. The van der Waals surface area contributed by atoms with E-state index < -0.39 is 6.10 Å². The standard InChI is InChI=1S/C20H22N4O2/c1-14(25)15-5-3-6-16(11-15)17-7-4-8-18(12-17)20(26)21-10-9-19-23-22-13-24(19)2/h3-8,11-14,25H,9-10H2,1-2H3,(H,21,26)/t14-/m1/s1. The molecule has 1 atom stereocenters. The second-order valence-corrected chi connectivity index (χ2v) is 6.25. The van der Waals surface area contributed by atoms with E-state index in [1.54, 1.807) is 19.3 Å². The van der Waals surface area contributed by atoms with E-state index in [1.807, 2.05) is 54.1 Å². The Kier molecular flexibility index (Phi) is 5.43. The fourth-order valence-electron chi connectivity index (χ4n) is 2.74. The summed E-state index contributed by atoms with van der Waals surface area (Å²) in [6, 6.07) is 15.2. The molecule has 3 aromatic rings. The predicted molar refractivity (Wildman–Crippen MR) is 99.6 cm³/mol. The van der Waals surface area contributed by atoms with Gasteiger partial charge in [0, 0.05) is 25.6 Å². The number of carbonyl (C=O) groups is 1. The molecule has 0 bridgehead atoms. The number of nitrogens with zero attached hydrogens (tertiary/aromatic N) is 3. The van der Waals surface area contributed by atoms with Crippen LogP contribution in [0, 0.1) is 0 Å². The number of aryl methyl sites for hydroxylation is 1. The Morgan fingerprint density at radius 2 is 1.92 bits per heavy atom. The molecular weight excluding hydrogens is 328 g/mol. The number of nitrogens with one attached hydrogen (secondary N) is 1. The van der Waals surface area contributed by atoms with Gasteiger partial charge in [0.25, 0.3) is 5.91 Å². The second kappa shape index (κ2) is 7.93. The smallest absolute Gasteiger partial charge is 0.251 e. The molecule has 0 saturated carbocycles. The number of amides is 1. The van der Waals surface area contributed by atoms with Gasteiger partial charge in [-0.25, -0.2) is 0 Å². The van der Waals surface area contributed by atoms with E-state index in [1.165, 1.54) is 0 Å². The van der Waals surface area contributed by atoms with Crippen molar-refractivity contribution in [2.75, 3.05) is 6.54 Å². The molecule has 0 radical (unpaired) electrons. The van der Waals surface area contributed by atoms with Crippen molar-refractivity contribution >= 4 is 5.91 Å². The van der Waals surface area contributed by atoms with E-state index in [0.717, 1.165) is 22.5 Å². The monoisotopic (exact) mass is 350 g/mol. The lowest BCUT2D eigenvalue weighted by Crippen LogP contribution is -2.26. The molecule has 1 heterocycles. The first kappa shape index (κ1) is 17.8. The molecule has 6 heteroatoms. The largest absolute Gasteiger partial charge is 0.389 e. The highest BCUT2D eigenvalue weighted by molar-refractivity contribution is 5.95. The zero-order valence-electron chi connectivity index (χ0n) is 14.9. The minimum absolute atomic E-state index is 0.124. The summed E-state index contributed by atoms with van der Waals surface area (Å²) in [6.45, 7) is 2.23. The van der Waals surface area contributed by atoms with Crippen LogP contribution in [-0.2, 0) is 13.5 Å². The van der Waals surface area contributed by atoms with Crippen molar-refractivity contribution in [1.82, 2.24) is 20.1 Å². The summed E-state index contributed by atoms with van der Waals surface area (Å²) < 4.78 is 1.84. The molecule has 26 heavy (non-hydrogen) atoms. The van der Waals surface area contributed by atoms with Crippen molar-refractivity contribution in [3.8, 4) is 11.1 Å². The molecule has 134 valence electrons. The zero-order chi connectivity index (χ0) is 18.5. The Labute approximate surface area is 152 Å². The van der Waals surface area contributed by atoms with Crippen LogP contribution in [0.4, 0.5) is 0 Å². The van der Waals surface area contributed by atoms with Gasteiger partial charge in [0.1, 0.15) is 12.2 Å². The van der Waals surface area contributed by atoms with Crippen LogP contribution >= 0.6 is 0 Å². The maximum atomic E-state index is 12.4. The summed E-state index contributed by atoms with van der Waals surface area (Å²) in [7, 11) is 1.88. The number of aromatic nitrogens is 3. The molecule has 3 rings (SSSR count). The molecular formula is C20H22N4O2. The fourth-order valence-corrected chi connectivity index (χ4v) is 2.74. The van der Waals surface area contributed by atoms with Gasteiger partial charge in [-0.05, 0) is 41.8 Å². The quantitative estimate of drug-likeness (QED) is 0.716. The van der Waals surface area contributed by atoms with Crippen LogP contribution < -0.4 is 5.32 Å². The highest BCUT2D eigenvalue weighted by Crippen LogP contribution is 2.24. The molecule has 2 N–H and O–H groups in total. The SMILES string of the molecule is C[C@@H](O)c1cccc(-c2cccc(C(=O)NCCc3nncn3C)c2)c1. The molecule has 0 aliphatic carbocycles. The number of hydrogen-bond donors (Lipinski definition) is 2. The molecule has 1 aromatic heterocycles. The maximum Gasteiger partial charge on any atom is 0.251 e. The van der Waals surface area contributed by atoms with E-state index in [0.29, 0.717) is 18.5 Å². The summed E-state index contributed by atoms with van der Waals surface area (Å²) in [6.07, 6.45) is 1.74. The van der Waals surface area contributed by atoms with Gasteiger partial charge in [0.05, 0.1) is 6.10 Å². The lowest BCUT2D eigenvalue weighted by molar-refractivity contribution is 0.0954. The van der Waals surface area contributed by atoms with E-state index in [-0.39, 0.29) is 5.91 Å². The molecule has 0 aliphatic heterocycles. The maximum absolute atomic E-state index is 12.4. The van der Waals surface area contributed by atoms with Gasteiger partial charge in [0.15, 0.2) is 0 Å². The molecule has 0 spiro atoms. The number of carbonyl (C=O) groups excluding carboxylic acids is 1. The molecule has 1 amide bonds. The van der Waals surface area contributed by atoms with Crippen molar-refractivity contribution in [3.05, 3.63) is 71.8 Å². The van der Waals surface area contributed by atoms with Crippen molar-refractivity contribution in [2.45, 2.75) is 19.4 Å². The minimum Gasteiger partial charge on any atom is -0.389 e. The molecule has 0 aliphatic rings. The van der Waals surface area contributed by atoms with E-state index in [9.17, 15) is 9.90 Å². The average molecular weight is 350 g/mol. The van der Waals surface area contributed by atoms with Crippen molar-refractivity contribution in [3.63, 3.8) is 0 Å². The number of aliphatic hydroxyl groups excluding tert-OH is 1. The van der Waals surface area contributed by atoms with Gasteiger partial charge in [-0.2, -0.15) is 0 Å². The van der Waals surface area contributed by atoms with Crippen LogP contribution in [0.5, 0.6) is 0 Å². The average Bonchev–Trinajstić information content (AvgIpc) is 3.07. The first-order chi connectivity index (χ1) is 12.5. The van der Waals surface area contributed by atoms with Gasteiger partial charge in [-0.1, -0.05) is 30.3 Å². The van der Waals surface area contributed by atoms with Crippen LogP contribution in [0.2, 0.25) is 0 Å². The van der Waals surface area contributed by atoms with E-state index in [2.05, 4.69) is 15.5 Å². The van der Waals surface area contributed by atoms with Gasteiger partial charge < -0.3 is 15.0 Å². The summed E-state index contributed by atoms with van der Waals surface area (Å²) in [5, 5.41) is 20.5. The molecule has 2 aromatic carbocycles. The van der Waals surface area contributed by atoms with Gasteiger partial charge in [-0.3, -0.25) is 4.79 Å². The van der Waals surface area contributed by atoms with Gasteiger partial charge >= 0.3 is 0 Å². The molecule has 6 nitrogen and oxygen atoms in total. The number of benzene rings is 2. The van der Waals surface area contributed by atoms with Crippen molar-refractivity contribution < 1.29 is 9.90 Å². The third-order valence-electron chi connectivity index (χ3n) is 4.27. The van der Waals surface area contributed by atoms with E-state index >= 15 is 0 Å². The highest BCUT2D eigenvalue weighted by Gasteiger charge is 2.09. The third kappa shape index (κ3) is 4.15. The fraction of sp³-hybridized carbons (Fsp3) is 0.250. The molecule has 0 fully saturated rings. The van der Waals surface area contributed by atoms with Gasteiger partial charge in [0.2, 0.25) is 0 Å². The van der Waals surface area contributed by atoms with Crippen LogP contribution in [-0.4, -0.2) is 32.3 Å². The molecule has 0 saturated heterocycles. The minimum atomic E-state index is -0.526. The normalized spacial score (nSPS) is 12.0. The second-order valence-electron chi connectivity index (χ2n) is 6.25. The Bertz CT molecular complexity index is 902. The summed E-state index contributed by atoms with van der Waals surface area (Å²) >= 11 is 0. The number of hydrogen-bond acceptors (Lipinski definition) is 4. The number of aliphatic hydroxyl groups is 1. The van der Waals surface area contributed by atoms with Crippen LogP contribution in [0.3, 0.4) is 0 Å². The predicted octanol–water partition coefficient (Wildman–Crippen LogP) is 2.51. The summed E-state index contributed by atoms with van der Waals surface area (Å²) in [5.41, 5.74) is 3.36. The Morgan fingerprint density at radius 1 is 1.19 bits per heavy atom. The zero-order valence-corrected chi connectivity index (χ0v) is 14.9. The lowest BCUT2D eigenvalue weighted by atomic mass is 9.99.